The van der Waals surface area contributed by atoms with Crippen LogP contribution in [-0.4, -0.2) is 54.6 Å². The van der Waals surface area contributed by atoms with Crippen molar-refractivity contribution in [3.8, 4) is 0 Å². The highest BCUT2D eigenvalue weighted by atomic mass is 32.2. The van der Waals surface area contributed by atoms with Crippen LogP contribution in [-0.2, 0) is 14.4 Å². The van der Waals surface area contributed by atoms with E-state index in [0.29, 0.717) is 25.1 Å². The van der Waals surface area contributed by atoms with Crippen LogP contribution in [0.1, 0.15) is 12.8 Å². The molecular formula is C16H19N3O3S. The van der Waals surface area contributed by atoms with E-state index in [2.05, 4.69) is 5.32 Å². The first-order valence-electron chi connectivity index (χ1n) is 7.60. The Bertz CT molecular complexity index is 649. The number of amides is 3. The van der Waals surface area contributed by atoms with E-state index in [-0.39, 0.29) is 30.3 Å². The van der Waals surface area contributed by atoms with Crippen molar-refractivity contribution in [1.82, 2.24) is 10.2 Å². The van der Waals surface area contributed by atoms with Crippen molar-refractivity contribution in [3.63, 3.8) is 0 Å². The summed E-state index contributed by atoms with van der Waals surface area (Å²) in [6.07, 6.45) is 1.10. The van der Waals surface area contributed by atoms with Gasteiger partial charge in [-0.1, -0.05) is 12.1 Å². The number of carbonyl (C=O) groups excluding carboxylic acids is 3. The Balaban J connectivity index is 1.64. The average molecular weight is 333 g/mol. The quantitative estimate of drug-likeness (QED) is 0.891. The van der Waals surface area contributed by atoms with E-state index in [4.69, 9.17) is 0 Å². The molecule has 1 aromatic rings. The molecule has 1 fully saturated rings. The Morgan fingerprint density at radius 3 is 2.87 bits per heavy atom. The summed E-state index contributed by atoms with van der Waals surface area (Å²) in [4.78, 5) is 40.1. The molecule has 1 aromatic carbocycles. The summed E-state index contributed by atoms with van der Waals surface area (Å²) >= 11 is 1.50. The van der Waals surface area contributed by atoms with Crippen LogP contribution in [0.3, 0.4) is 0 Å². The number of benzene rings is 1. The molecule has 1 N–H and O–H groups in total. The zero-order chi connectivity index (χ0) is 16.4. The van der Waals surface area contributed by atoms with Gasteiger partial charge in [-0.25, -0.2) is 0 Å². The standard InChI is InChI=1S/C16H19N3O3S/c1-18-8-11(6-7-15(18)21)17-14(20)9-19-12-4-2-3-5-13(12)23-10-16(19)22/h2-5,11H,6-10H2,1H3,(H,17,20)/t11-/m1/s1. The fourth-order valence-corrected chi connectivity index (χ4v) is 3.81. The topological polar surface area (TPSA) is 69.7 Å². The third kappa shape index (κ3) is 3.50. The second-order valence-electron chi connectivity index (χ2n) is 5.81. The fraction of sp³-hybridized carbons (Fsp3) is 0.438. The Hall–Kier alpha value is -2.02. The van der Waals surface area contributed by atoms with Gasteiger partial charge in [-0.2, -0.15) is 0 Å². The number of para-hydroxylation sites is 1. The molecule has 2 aliphatic rings. The molecule has 23 heavy (non-hydrogen) atoms. The third-order valence-electron chi connectivity index (χ3n) is 4.10. The second kappa shape index (κ2) is 6.62. The van der Waals surface area contributed by atoms with Gasteiger partial charge in [0.25, 0.3) is 0 Å². The fourth-order valence-electron chi connectivity index (χ4n) is 2.87. The Labute approximate surface area is 139 Å². The van der Waals surface area contributed by atoms with Crippen molar-refractivity contribution < 1.29 is 14.4 Å². The maximum Gasteiger partial charge on any atom is 0.240 e. The number of fused-ring (bicyclic) bond motifs is 1. The molecule has 1 atom stereocenters. The number of carbonyl (C=O) groups is 3. The SMILES string of the molecule is CN1C[C@H](NC(=O)CN2C(=O)CSc3ccccc32)CCC1=O. The predicted octanol–water partition coefficient (Wildman–Crippen LogP) is 0.862. The van der Waals surface area contributed by atoms with E-state index in [1.54, 1.807) is 16.8 Å². The van der Waals surface area contributed by atoms with Gasteiger partial charge in [-0.15, -0.1) is 11.8 Å². The number of piperidine rings is 1. The van der Waals surface area contributed by atoms with E-state index in [0.717, 1.165) is 10.6 Å². The average Bonchev–Trinajstić information content (AvgIpc) is 2.54. The number of rotatable bonds is 3. The molecule has 0 bridgehead atoms. The van der Waals surface area contributed by atoms with Crippen molar-refractivity contribution in [2.75, 3.05) is 30.8 Å². The normalized spacial score (nSPS) is 21.2. The first-order valence-corrected chi connectivity index (χ1v) is 8.58. The Morgan fingerprint density at radius 1 is 1.30 bits per heavy atom. The Morgan fingerprint density at radius 2 is 2.09 bits per heavy atom. The van der Waals surface area contributed by atoms with Gasteiger partial charge in [0.1, 0.15) is 6.54 Å². The third-order valence-corrected chi connectivity index (χ3v) is 5.15. The number of anilines is 1. The molecule has 1 saturated heterocycles. The molecule has 0 saturated carbocycles. The monoisotopic (exact) mass is 333 g/mol. The lowest BCUT2D eigenvalue weighted by atomic mass is 10.1. The minimum Gasteiger partial charge on any atom is -0.350 e. The number of hydrogen-bond donors (Lipinski definition) is 1. The van der Waals surface area contributed by atoms with E-state index >= 15 is 0 Å². The van der Waals surface area contributed by atoms with Crippen molar-refractivity contribution >= 4 is 35.2 Å². The maximum absolute atomic E-state index is 12.3. The van der Waals surface area contributed by atoms with Crippen LogP contribution in [0.5, 0.6) is 0 Å². The van der Waals surface area contributed by atoms with E-state index in [1.807, 2.05) is 24.3 Å². The number of likely N-dealkylation sites (tertiary alicyclic amines) is 1. The van der Waals surface area contributed by atoms with Crippen LogP contribution in [0.4, 0.5) is 5.69 Å². The molecular weight excluding hydrogens is 314 g/mol. The molecule has 0 radical (unpaired) electrons. The van der Waals surface area contributed by atoms with Crippen LogP contribution >= 0.6 is 11.8 Å². The van der Waals surface area contributed by atoms with Crippen molar-refractivity contribution in [1.29, 1.82) is 0 Å². The first kappa shape index (κ1) is 15.9. The molecule has 2 aliphatic heterocycles. The Kier molecular flexibility index (Phi) is 4.56. The number of nitrogens with zero attached hydrogens (tertiary/aromatic N) is 2. The summed E-state index contributed by atoms with van der Waals surface area (Å²) in [5.41, 5.74) is 0.792. The molecule has 122 valence electrons. The van der Waals surface area contributed by atoms with Crippen LogP contribution in [0.2, 0.25) is 0 Å². The smallest absolute Gasteiger partial charge is 0.240 e. The molecule has 6 nitrogen and oxygen atoms in total. The summed E-state index contributed by atoms with van der Waals surface area (Å²) in [7, 11) is 1.74. The van der Waals surface area contributed by atoms with Crippen LogP contribution in [0.25, 0.3) is 0 Å². The lowest BCUT2D eigenvalue weighted by Gasteiger charge is -2.32. The minimum atomic E-state index is -0.187. The van der Waals surface area contributed by atoms with Crippen molar-refractivity contribution in [3.05, 3.63) is 24.3 Å². The molecule has 0 unspecified atom stereocenters. The second-order valence-corrected chi connectivity index (χ2v) is 6.83. The summed E-state index contributed by atoms with van der Waals surface area (Å²) in [6.45, 7) is 0.537. The largest absolute Gasteiger partial charge is 0.350 e. The van der Waals surface area contributed by atoms with Gasteiger partial charge < -0.3 is 15.1 Å². The summed E-state index contributed by atoms with van der Waals surface area (Å²) in [5.74, 6) is 0.213. The molecule has 3 amide bonds. The molecule has 3 rings (SSSR count). The number of thioether (sulfide) groups is 1. The van der Waals surface area contributed by atoms with E-state index in [1.165, 1.54) is 11.8 Å². The summed E-state index contributed by atoms with van der Waals surface area (Å²) in [6, 6.07) is 7.56. The van der Waals surface area contributed by atoms with Gasteiger partial charge in [0.2, 0.25) is 17.7 Å². The van der Waals surface area contributed by atoms with Crippen molar-refractivity contribution in [2.45, 2.75) is 23.8 Å². The van der Waals surface area contributed by atoms with E-state index in [9.17, 15) is 14.4 Å². The highest BCUT2D eigenvalue weighted by Gasteiger charge is 2.28. The minimum absolute atomic E-state index is 0.0184. The van der Waals surface area contributed by atoms with Crippen molar-refractivity contribution in [2.24, 2.45) is 0 Å². The molecule has 0 aliphatic carbocycles. The van der Waals surface area contributed by atoms with Gasteiger partial charge in [0, 0.05) is 31.0 Å². The highest BCUT2D eigenvalue weighted by molar-refractivity contribution is 8.00. The number of likely N-dealkylation sites (N-methyl/N-ethyl adjacent to an activating group) is 1. The number of hydrogen-bond acceptors (Lipinski definition) is 4. The van der Waals surface area contributed by atoms with Gasteiger partial charge in [-0.3, -0.25) is 14.4 Å². The highest BCUT2D eigenvalue weighted by Crippen LogP contribution is 2.34. The summed E-state index contributed by atoms with van der Waals surface area (Å²) < 4.78 is 0. The van der Waals surface area contributed by atoms with Gasteiger partial charge in [0.05, 0.1) is 11.4 Å². The zero-order valence-corrected chi connectivity index (χ0v) is 13.8. The van der Waals surface area contributed by atoms with Crippen LogP contribution in [0, 0.1) is 0 Å². The lowest BCUT2D eigenvalue weighted by molar-refractivity contribution is -0.133. The van der Waals surface area contributed by atoms with Crippen LogP contribution in [0.15, 0.2) is 29.2 Å². The maximum atomic E-state index is 12.3. The first-order chi connectivity index (χ1) is 11.0. The number of nitrogens with one attached hydrogen (secondary N) is 1. The predicted molar refractivity (Wildman–Crippen MR) is 88.3 cm³/mol. The van der Waals surface area contributed by atoms with Crippen LogP contribution < -0.4 is 10.2 Å². The van der Waals surface area contributed by atoms with Gasteiger partial charge >= 0.3 is 0 Å². The summed E-state index contributed by atoms with van der Waals surface area (Å²) in [5, 5.41) is 2.93. The molecule has 0 spiro atoms. The molecule has 0 aromatic heterocycles. The lowest BCUT2D eigenvalue weighted by Crippen LogP contribution is -2.51. The van der Waals surface area contributed by atoms with Gasteiger partial charge in [0.15, 0.2) is 0 Å². The van der Waals surface area contributed by atoms with Gasteiger partial charge in [-0.05, 0) is 18.6 Å². The molecule has 2 heterocycles. The molecule has 7 heteroatoms. The zero-order valence-electron chi connectivity index (χ0n) is 12.9. The van der Waals surface area contributed by atoms with E-state index < -0.39 is 0 Å².